The van der Waals surface area contributed by atoms with Gasteiger partial charge < -0.3 is 20.6 Å². The van der Waals surface area contributed by atoms with Crippen LogP contribution in [0, 0.1) is 0 Å². The van der Waals surface area contributed by atoms with Gasteiger partial charge in [0.1, 0.15) is 11.3 Å². The zero-order valence-electron chi connectivity index (χ0n) is 15.6. The molecule has 2 aromatic carbocycles. The average Bonchev–Trinajstić information content (AvgIpc) is 3.08. The minimum absolute atomic E-state index is 0.0879. The van der Waals surface area contributed by atoms with E-state index in [2.05, 4.69) is 15.0 Å². The summed E-state index contributed by atoms with van der Waals surface area (Å²) in [6.45, 7) is 0. The molecule has 0 saturated carbocycles. The first kappa shape index (κ1) is 18.9. The quantitative estimate of drug-likeness (QED) is 0.455. The second-order valence-electron chi connectivity index (χ2n) is 6.31. The molecule has 0 atom stereocenters. The number of carboxylic acid groups (broad SMARTS) is 1. The van der Waals surface area contributed by atoms with Crippen LogP contribution in [0.1, 0.15) is 20.8 Å². The summed E-state index contributed by atoms with van der Waals surface area (Å²) in [5.74, 6) is -1.27. The number of aromatic carboxylic acids is 1. The molecule has 150 valence electrons. The third-order valence-electron chi connectivity index (χ3n) is 4.47. The minimum Gasteiger partial charge on any atom is -0.497 e. The fourth-order valence-corrected chi connectivity index (χ4v) is 3.04. The van der Waals surface area contributed by atoms with Crippen molar-refractivity contribution in [3.8, 4) is 22.8 Å². The number of aromatic nitrogens is 4. The van der Waals surface area contributed by atoms with Crippen LogP contribution in [0.2, 0.25) is 0 Å². The summed E-state index contributed by atoms with van der Waals surface area (Å²) < 4.78 is 6.49. The number of rotatable bonds is 5. The lowest BCUT2D eigenvalue weighted by atomic mass is 10.1. The molecule has 2 aromatic heterocycles. The summed E-state index contributed by atoms with van der Waals surface area (Å²) in [5, 5.41) is 9.07. The SMILES string of the molecule is COc1cccc(-n2c(=O)[nH]c3c(C(N)=O)nc(-c4ccc(C(=O)O)cc4)nc32)c1. The number of fused-ring (bicyclic) bond motifs is 1. The first-order valence-electron chi connectivity index (χ1n) is 8.70. The van der Waals surface area contributed by atoms with E-state index >= 15 is 0 Å². The second-order valence-corrected chi connectivity index (χ2v) is 6.31. The smallest absolute Gasteiger partial charge is 0.335 e. The Morgan fingerprint density at radius 3 is 2.50 bits per heavy atom. The van der Waals surface area contributed by atoms with Crippen molar-refractivity contribution < 1.29 is 19.4 Å². The van der Waals surface area contributed by atoms with Crippen LogP contribution in [-0.2, 0) is 0 Å². The Morgan fingerprint density at radius 1 is 1.13 bits per heavy atom. The maximum absolute atomic E-state index is 12.7. The van der Waals surface area contributed by atoms with Crippen LogP contribution in [0.4, 0.5) is 0 Å². The van der Waals surface area contributed by atoms with E-state index < -0.39 is 17.6 Å². The lowest BCUT2D eigenvalue weighted by Gasteiger charge is -2.08. The number of aromatic amines is 1. The van der Waals surface area contributed by atoms with E-state index in [9.17, 15) is 14.4 Å². The molecule has 1 amide bonds. The van der Waals surface area contributed by atoms with Gasteiger partial charge >= 0.3 is 11.7 Å². The van der Waals surface area contributed by atoms with Crippen LogP contribution in [0.25, 0.3) is 28.2 Å². The topological polar surface area (TPSA) is 153 Å². The fraction of sp³-hybridized carbons (Fsp3) is 0.0500. The highest BCUT2D eigenvalue weighted by atomic mass is 16.5. The van der Waals surface area contributed by atoms with E-state index in [0.717, 1.165) is 0 Å². The van der Waals surface area contributed by atoms with Gasteiger partial charge in [0.15, 0.2) is 17.2 Å². The van der Waals surface area contributed by atoms with Crippen LogP contribution in [0.5, 0.6) is 5.75 Å². The third kappa shape index (κ3) is 3.15. The molecule has 0 fully saturated rings. The van der Waals surface area contributed by atoms with Gasteiger partial charge in [0.2, 0.25) is 0 Å². The number of primary amides is 1. The lowest BCUT2D eigenvalue weighted by molar-refractivity contribution is 0.0696. The number of methoxy groups -OCH3 is 1. The summed E-state index contributed by atoms with van der Waals surface area (Å²) in [7, 11) is 1.50. The van der Waals surface area contributed by atoms with Crippen LogP contribution >= 0.6 is 0 Å². The zero-order valence-corrected chi connectivity index (χ0v) is 15.6. The molecule has 0 aliphatic rings. The van der Waals surface area contributed by atoms with Crippen molar-refractivity contribution in [1.29, 1.82) is 0 Å². The maximum atomic E-state index is 12.7. The molecule has 0 aliphatic carbocycles. The number of imidazole rings is 1. The molecular weight excluding hydrogens is 390 g/mol. The number of ether oxygens (including phenoxy) is 1. The van der Waals surface area contributed by atoms with Crippen molar-refractivity contribution in [2.45, 2.75) is 0 Å². The number of hydrogen-bond donors (Lipinski definition) is 3. The van der Waals surface area contributed by atoms with E-state index in [1.165, 1.54) is 35.9 Å². The van der Waals surface area contributed by atoms with E-state index in [0.29, 0.717) is 17.0 Å². The van der Waals surface area contributed by atoms with Gasteiger partial charge in [-0.15, -0.1) is 0 Å². The summed E-state index contributed by atoms with van der Waals surface area (Å²) in [5.41, 5.74) is 6.04. The fourth-order valence-electron chi connectivity index (χ4n) is 3.04. The number of carbonyl (C=O) groups excluding carboxylic acids is 1. The van der Waals surface area contributed by atoms with E-state index in [1.54, 1.807) is 24.3 Å². The molecule has 30 heavy (non-hydrogen) atoms. The predicted octanol–water partition coefficient (Wildman–Crippen LogP) is 1.58. The van der Waals surface area contributed by atoms with E-state index in [1.807, 2.05) is 0 Å². The van der Waals surface area contributed by atoms with Crippen LogP contribution in [0.15, 0.2) is 53.3 Å². The number of hydrogen-bond acceptors (Lipinski definition) is 6. The molecule has 0 radical (unpaired) electrons. The number of carboxylic acids is 1. The van der Waals surface area contributed by atoms with E-state index in [-0.39, 0.29) is 28.2 Å². The summed E-state index contributed by atoms with van der Waals surface area (Å²) in [4.78, 5) is 46.9. The van der Waals surface area contributed by atoms with Crippen molar-refractivity contribution in [2.75, 3.05) is 7.11 Å². The van der Waals surface area contributed by atoms with Gasteiger partial charge in [-0.2, -0.15) is 0 Å². The molecule has 0 unspecified atom stereocenters. The Morgan fingerprint density at radius 2 is 1.87 bits per heavy atom. The molecule has 10 heteroatoms. The Labute approximate surface area is 168 Å². The Hall–Kier alpha value is -4.47. The largest absolute Gasteiger partial charge is 0.497 e. The number of carbonyl (C=O) groups is 2. The maximum Gasteiger partial charge on any atom is 0.335 e. The molecule has 4 rings (SSSR count). The Kier molecular flexibility index (Phi) is 4.51. The zero-order chi connectivity index (χ0) is 21.4. The van der Waals surface area contributed by atoms with Gasteiger partial charge in [0.25, 0.3) is 5.91 Å². The van der Waals surface area contributed by atoms with Gasteiger partial charge in [-0.1, -0.05) is 18.2 Å². The van der Waals surface area contributed by atoms with Gasteiger partial charge in [0.05, 0.1) is 18.4 Å². The Bertz CT molecular complexity index is 1350. The van der Waals surface area contributed by atoms with Crippen LogP contribution in [-0.4, -0.2) is 43.6 Å². The molecule has 4 N–H and O–H groups in total. The molecule has 0 bridgehead atoms. The van der Waals surface area contributed by atoms with Crippen molar-refractivity contribution in [3.05, 3.63) is 70.3 Å². The highest BCUT2D eigenvalue weighted by molar-refractivity contribution is 6.02. The van der Waals surface area contributed by atoms with Crippen molar-refractivity contribution >= 4 is 23.0 Å². The number of nitrogens with zero attached hydrogens (tertiary/aromatic N) is 3. The summed E-state index contributed by atoms with van der Waals surface area (Å²) >= 11 is 0. The highest BCUT2D eigenvalue weighted by Crippen LogP contribution is 2.23. The van der Waals surface area contributed by atoms with Crippen molar-refractivity contribution in [1.82, 2.24) is 19.5 Å². The van der Waals surface area contributed by atoms with Gasteiger partial charge in [-0.3, -0.25) is 4.79 Å². The highest BCUT2D eigenvalue weighted by Gasteiger charge is 2.20. The van der Waals surface area contributed by atoms with Crippen molar-refractivity contribution in [2.24, 2.45) is 5.73 Å². The third-order valence-corrected chi connectivity index (χ3v) is 4.47. The number of amides is 1. The predicted molar refractivity (Wildman–Crippen MR) is 107 cm³/mol. The normalized spacial score (nSPS) is 10.8. The molecule has 0 aliphatic heterocycles. The molecule has 10 nitrogen and oxygen atoms in total. The van der Waals surface area contributed by atoms with Gasteiger partial charge in [-0.25, -0.2) is 24.1 Å². The van der Waals surface area contributed by atoms with Gasteiger partial charge in [0, 0.05) is 11.6 Å². The van der Waals surface area contributed by atoms with Crippen LogP contribution in [0.3, 0.4) is 0 Å². The minimum atomic E-state index is -1.08. The monoisotopic (exact) mass is 405 g/mol. The molecule has 4 aromatic rings. The lowest BCUT2D eigenvalue weighted by Crippen LogP contribution is -2.15. The molecule has 0 saturated heterocycles. The van der Waals surface area contributed by atoms with Crippen LogP contribution < -0.4 is 16.2 Å². The van der Waals surface area contributed by atoms with E-state index in [4.69, 9.17) is 15.6 Å². The average molecular weight is 405 g/mol. The molecular formula is C20H15N5O5. The first-order valence-corrected chi connectivity index (χ1v) is 8.70. The Balaban J connectivity index is 1.99. The summed E-state index contributed by atoms with van der Waals surface area (Å²) in [6.07, 6.45) is 0. The standard InChI is InChI=1S/C20H15N5O5/c1-30-13-4-2-3-12(9-13)25-18-15(23-20(25)29)14(16(21)26)22-17(24-18)10-5-7-11(8-6-10)19(27)28/h2-9H,1H3,(H2,21,26)(H,23,29)(H,27,28). The number of H-pyrrole nitrogens is 1. The first-order chi connectivity index (χ1) is 14.4. The molecule has 2 heterocycles. The second kappa shape index (κ2) is 7.17. The summed E-state index contributed by atoms with van der Waals surface area (Å²) in [6, 6.07) is 12.6. The molecule has 0 spiro atoms. The number of nitrogens with two attached hydrogens (primary N) is 1. The number of nitrogens with one attached hydrogen (secondary N) is 1. The van der Waals surface area contributed by atoms with Crippen molar-refractivity contribution in [3.63, 3.8) is 0 Å². The van der Waals surface area contributed by atoms with Gasteiger partial charge in [-0.05, 0) is 24.3 Å². The number of benzene rings is 2.